The maximum absolute atomic E-state index is 8.49. The molecule has 0 aliphatic rings. The van der Waals surface area contributed by atoms with Crippen LogP contribution in [0.15, 0.2) is 5.16 Å². The van der Waals surface area contributed by atoms with Gasteiger partial charge in [0.15, 0.2) is 0 Å². The molecule has 0 saturated heterocycles. The van der Waals surface area contributed by atoms with E-state index < -0.39 is 0 Å². The topological polar surface area (TPSA) is 70.6 Å². The first-order valence-electron chi connectivity index (χ1n) is 5.72. The number of nitrogens with zero attached hydrogens (tertiary/aromatic N) is 1. The first-order valence-corrected chi connectivity index (χ1v) is 5.72. The Labute approximate surface area is 92.9 Å². The molecule has 15 heavy (non-hydrogen) atoms. The van der Waals surface area contributed by atoms with E-state index in [1.54, 1.807) is 0 Å². The zero-order valence-electron chi connectivity index (χ0n) is 10.3. The highest BCUT2D eigenvalue weighted by Gasteiger charge is 2.12. The number of amidine groups is 1. The Kier molecular flexibility index (Phi) is 7.13. The molecule has 0 saturated carbocycles. The number of hydrogen-bond acceptors (Lipinski definition) is 3. The van der Waals surface area contributed by atoms with Crippen molar-refractivity contribution in [1.82, 2.24) is 5.32 Å². The summed E-state index contributed by atoms with van der Waals surface area (Å²) in [6, 6.07) is 0.774. The van der Waals surface area contributed by atoms with Gasteiger partial charge in [0.05, 0.1) is 0 Å². The second-order valence-corrected chi connectivity index (χ2v) is 4.60. The summed E-state index contributed by atoms with van der Waals surface area (Å²) in [4.78, 5) is 0. The van der Waals surface area contributed by atoms with E-state index >= 15 is 0 Å². The van der Waals surface area contributed by atoms with Crippen molar-refractivity contribution < 1.29 is 5.21 Å². The van der Waals surface area contributed by atoms with Crippen molar-refractivity contribution in [3.05, 3.63) is 0 Å². The molecule has 0 fully saturated rings. The molecule has 4 nitrogen and oxygen atoms in total. The lowest BCUT2D eigenvalue weighted by Crippen LogP contribution is -2.39. The monoisotopic (exact) mass is 215 g/mol. The average molecular weight is 215 g/mol. The van der Waals surface area contributed by atoms with Crippen LogP contribution in [0.2, 0.25) is 0 Å². The Balaban J connectivity index is 3.98. The van der Waals surface area contributed by atoms with Gasteiger partial charge in [-0.15, -0.1) is 0 Å². The summed E-state index contributed by atoms with van der Waals surface area (Å²) >= 11 is 0. The highest BCUT2D eigenvalue weighted by Crippen LogP contribution is 2.07. The van der Waals surface area contributed by atoms with E-state index in [-0.39, 0.29) is 0 Å². The van der Waals surface area contributed by atoms with Gasteiger partial charge in [0.1, 0.15) is 5.84 Å². The first kappa shape index (κ1) is 14.2. The first-order chi connectivity index (χ1) is 6.99. The number of hydrogen-bond donors (Lipinski definition) is 3. The minimum absolute atomic E-state index is 0.297. The molecule has 0 rings (SSSR count). The summed E-state index contributed by atoms with van der Waals surface area (Å²) in [5.41, 5.74) is 5.49. The molecule has 90 valence electrons. The summed E-state index contributed by atoms with van der Waals surface area (Å²) < 4.78 is 0. The highest BCUT2D eigenvalue weighted by atomic mass is 16.4. The third kappa shape index (κ3) is 7.19. The Morgan fingerprint density at radius 3 is 2.40 bits per heavy atom. The minimum Gasteiger partial charge on any atom is -0.409 e. The second kappa shape index (κ2) is 7.51. The van der Waals surface area contributed by atoms with Crippen molar-refractivity contribution in [3.8, 4) is 0 Å². The third-order valence-corrected chi connectivity index (χ3v) is 2.42. The molecule has 0 aliphatic carbocycles. The van der Waals surface area contributed by atoms with E-state index in [4.69, 9.17) is 10.9 Å². The molecular formula is C11H25N3O. The SMILES string of the molecule is CCC(CC(N)=NO)NC(C)CC(C)C. The summed E-state index contributed by atoms with van der Waals surface area (Å²) in [5.74, 6) is 0.986. The summed E-state index contributed by atoms with van der Waals surface area (Å²) in [6.45, 7) is 8.70. The molecule has 2 atom stereocenters. The number of nitrogens with one attached hydrogen (secondary N) is 1. The van der Waals surface area contributed by atoms with Gasteiger partial charge in [0.25, 0.3) is 0 Å². The van der Waals surface area contributed by atoms with Crippen molar-refractivity contribution in [1.29, 1.82) is 0 Å². The third-order valence-electron chi connectivity index (χ3n) is 2.42. The van der Waals surface area contributed by atoms with Gasteiger partial charge in [0, 0.05) is 18.5 Å². The largest absolute Gasteiger partial charge is 0.409 e. The van der Waals surface area contributed by atoms with Gasteiger partial charge < -0.3 is 16.3 Å². The fourth-order valence-electron chi connectivity index (χ4n) is 1.79. The quantitative estimate of drug-likeness (QED) is 0.263. The maximum atomic E-state index is 8.49. The van der Waals surface area contributed by atoms with Gasteiger partial charge in [-0.2, -0.15) is 0 Å². The number of rotatable bonds is 7. The lowest BCUT2D eigenvalue weighted by molar-refractivity contribution is 0.314. The molecule has 4 heteroatoms. The molecule has 2 unspecified atom stereocenters. The molecule has 0 aromatic rings. The van der Waals surface area contributed by atoms with Gasteiger partial charge in [0.2, 0.25) is 0 Å². The smallest absolute Gasteiger partial charge is 0.140 e. The molecule has 4 N–H and O–H groups in total. The van der Waals surface area contributed by atoms with Crippen LogP contribution in [0.1, 0.15) is 47.0 Å². The highest BCUT2D eigenvalue weighted by molar-refractivity contribution is 5.80. The van der Waals surface area contributed by atoms with Gasteiger partial charge in [-0.25, -0.2) is 0 Å². The predicted molar refractivity (Wildman–Crippen MR) is 64.2 cm³/mol. The molecule has 0 heterocycles. The number of nitrogens with two attached hydrogens (primary N) is 1. The Bertz CT molecular complexity index is 192. The Morgan fingerprint density at radius 1 is 1.40 bits per heavy atom. The van der Waals surface area contributed by atoms with Gasteiger partial charge >= 0.3 is 0 Å². The van der Waals surface area contributed by atoms with Crippen molar-refractivity contribution in [3.63, 3.8) is 0 Å². The van der Waals surface area contributed by atoms with E-state index in [2.05, 4.69) is 38.2 Å². The molecule has 0 bridgehead atoms. The molecule has 0 amide bonds. The normalized spacial score (nSPS) is 16.7. The van der Waals surface area contributed by atoms with Crippen molar-refractivity contribution in [2.24, 2.45) is 16.8 Å². The second-order valence-electron chi connectivity index (χ2n) is 4.60. The van der Waals surface area contributed by atoms with Gasteiger partial charge in [-0.3, -0.25) is 0 Å². The number of oxime groups is 1. The molecule has 0 aromatic heterocycles. The molecule has 0 aromatic carbocycles. The van der Waals surface area contributed by atoms with E-state index in [0.717, 1.165) is 12.8 Å². The summed E-state index contributed by atoms with van der Waals surface area (Å²) in [6.07, 6.45) is 2.74. The zero-order valence-corrected chi connectivity index (χ0v) is 10.3. The van der Waals surface area contributed by atoms with Crippen LogP contribution in [0.5, 0.6) is 0 Å². The summed E-state index contributed by atoms with van der Waals surface area (Å²) in [5, 5.41) is 15.0. The fraction of sp³-hybridized carbons (Fsp3) is 0.909. The Morgan fingerprint density at radius 2 is 2.00 bits per heavy atom. The van der Waals surface area contributed by atoms with Gasteiger partial charge in [-0.05, 0) is 25.7 Å². The van der Waals surface area contributed by atoms with E-state index in [1.165, 1.54) is 0 Å². The van der Waals surface area contributed by atoms with Crippen molar-refractivity contribution in [2.45, 2.75) is 59.0 Å². The van der Waals surface area contributed by atoms with Crippen LogP contribution in [0.3, 0.4) is 0 Å². The molecule has 0 radical (unpaired) electrons. The zero-order chi connectivity index (χ0) is 11.8. The van der Waals surface area contributed by atoms with Crippen LogP contribution in [0, 0.1) is 5.92 Å². The minimum atomic E-state index is 0.297. The van der Waals surface area contributed by atoms with Crippen molar-refractivity contribution in [2.75, 3.05) is 0 Å². The van der Waals surface area contributed by atoms with E-state index in [9.17, 15) is 0 Å². The Hall–Kier alpha value is -0.770. The molecule has 0 spiro atoms. The average Bonchev–Trinajstić information content (AvgIpc) is 2.15. The van der Waals surface area contributed by atoms with Crippen LogP contribution >= 0.6 is 0 Å². The lowest BCUT2D eigenvalue weighted by Gasteiger charge is -2.23. The van der Waals surface area contributed by atoms with Crippen molar-refractivity contribution >= 4 is 5.84 Å². The van der Waals surface area contributed by atoms with Crippen LogP contribution in [0.4, 0.5) is 0 Å². The van der Waals surface area contributed by atoms with Crippen LogP contribution in [-0.4, -0.2) is 23.1 Å². The standard InChI is InChI=1S/C11H25N3O/c1-5-10(7-11(12)14-15)13-9(4)6-8(2)3/h8-10,13,15H,5-7H2,1-4H3,(H2,12,14). The van der Waals surface area contributed by atoms with Gasteiger partial charge in [-0.1, -0.05) is 25.9 Å². The van der Waals surface area contributed by atoms with E-state index in [1.807, 2.05) is 0 Å². The lowest BCUT2D eigenvalue weighted by atomic mass is 10.0. The molecule has 0 aliphatic heterocycles. The summed E-state index contributed by atoms with van der Waals surface area (Å²) in [7, 11) is 0. The van der Waals surface area contributed by atoms with Crippen LogP contribution in [0.25, 0.3) is 0 Å². The maximum Gasteiger partial charge on any atom is 0.140 e. The van der Waals surface area contributed by atoms with Crippen LogP contribution in [-0.2, 0) is 0 Å². The molecular weight excluding hydrogens is 190 g/mol. The van der Waals surface area contributed by atoms with E-state index in [0.29, 0.717) is 30.3 Å². The fourth-order valence-corrected chi connectivity index (χ4v) is 1.79. The van der Waals surface area contributed by atoms with Crippen LogP contribution < -0.4 is 11.1 Å². The predicted octanol–water partition coefficient (Wildman–Crippen LogP) is 1.93.